The molecule has 4 rings (SSSR count). The largest absolute Gasteiger partial charge is 0.382 e. The van der Waals surface area contributed by atoms with Crippen molar-refractivity contribution in [2.45, 2.75) is 31.1 Å². The number of amides is 2. The molecule has 1 aromatic rings. The molecule has 122 valence electrons. The lowest BCUT2D eigenvalue weighted by atomic mass is 9.64. The van der Waals surface area contributed by atoms with E-state index in [9.17, 15) is 9.59 Å². The first-order valence-electron chi connectivity index (χ1n) is 7.72. The average molecular weight is 324 g/mol. The normalized spacial score (nSPS) is 26.2. The van der Waals surface area contributed by atoms with Gasteiger partial charge < -0.3 is 11.5 Å². The van der Waals surface area contributed by atoms with Crippen LogP contribution in [0.25, 0.3) is 5.57 Å². The van der Waals surface area contributed by atoms with Crippen LogP contribution in [0.1, 0.15) is 36.8 Å². The van der Waals surface area contributed by atoms with Gasteiger partial charge in [0.1, 0.15) is 0 Å². The molecule has 0 bridgehead atoms. The second-order valence-corrected chi connectivity index (χ2v) is 6.20. The number of nitrogens with zero attached hydrogens (tertiary/aromatic N) is 3. The summed E-state index contributed by atoms with van der Waals surface area (Å²) >= 11 is 0. The fourth-order valence-corrected chi connectivity index (χ4v) is 3.81. The van der Waals surface area contributed by atoms with E-state index in [2.05, 4.69) is 20.5 Å². The number of carbonyl (C=O) groups is 2. The van der Waals surface area contributed by atoms with E-state index in [0.29, 0.717) is 31.3 Å². The summed E-state index contributed by atoms with van der Waals surface area (Å²) < 4.78 is 0. The van der Waals surface area contributed by atoms with Gasteiger partial charge in [0.25, 0.3) is 0 Å². The number of aromatic nitrogens is 1. The van der Waals surface area contributed by atoms with Crippen LogP contribution in [-0.2, 0) is 15.0 Å². The standard InChI is InChI=1S/C16H16N6O2/c17-13-12(14(18)22-21-13)8-1-4-16(5-2-11(23)20-15(16)24)10-3-6-19-7-9(8)10/h3,6-7H,1-2,4-5H2,(H2,17,21)(H2,18,22)(H,20,23,24). The highest BCUT2D eigenvalue weighted by molar-refractivity contribution is 6.29. The summed E-state index contributed by atoms with van der Waals surface area (Å²) in [6.45, 7) is 0. The van der Waals surface area contributed by atoms with E-state index in [-0.39, 0.29) is 23.5 Å². The molecule has 2 aliphatic heterocycles. The average Bonchev–Trinajstić information content (AvgIpc) is 2.90. The van der Waals surface area contributed by atoms with Crippen molar-refractivity contribution < 1.29 is 9.59 Å². The number of nitrogens with two attached hydrogens (primary N) is 2. The van der Waals surface area contributed by atoms with Crippen molar-refractivity contribution in [1.82, 2.24) is 10.3 Å². The summed E-state index contributed by atoms with van der Waals surface area (Å²) in [4.78, 5) is 28.4. The number of amidine groups is 2. The van der Waals surface area contributed by atoms with Gasteiger partial charge >= 0.3 is 0 Å². The number of fused-ring (bicyclic) bond motifs is 2. The molecular weight excluding hydrogens is 308 g/mol. The molecule has 1 aromatic heterocycles. The number of imide groups is 1. The van der Waals surface area contributed by atoms with Crippen molar-refractivity contribution >= 4 is 29.1 Å². The first-order chi connectivity index (χ1) is 11.5. The number of hydrogen-bond donors (Lipinski definition) is 3. The molecule has 1 unspecified atom stereocenters. The van der Waals surface area contributed by atoms with Gasteiger partial charge in [-0.05, 0) is 36.5 Å². The molecule has 1 fully saturated rings. The highest BCUT2D eigenvalue weighted by atomic mass is 16.2. The third-order valence-corrected chi connectivity index (χ3v) is 5.01. The molecule has 1 saturated heterocycles. The molecule has 2 amide bonds. The quantitative estimate of drug-likeness (QED) is 0.575. The van der Waals surface area contributed by atoms with Crippen LogP contribution in [-0.4, -0.2) is 28.5 Å². The molecule has 1 spiro atoms. The van der Waals surface area contributed by atoms with E-state index in [1.807, 2.05) is 6.07 Å². The Bertz CT molecular complexity index is 849. The number of rotatable bonds is 0. The molecule has 0 saturated carbocycles. The summed E-state index contributed by atoms with van der Waals surface area (Å²) in [7, 11) is 0. The molecule has 0 aromatic carbocycles. The number of pyridine rings is 1. The van der Waals surface area contributed by atoms with Crippen LogP contribution in [0.2, 0.25) is 0 Å². The second-order valence-electron chi connectivity index (χ2n) is 6.20. The molecule has 24 heavy (non-hydrogen) atoms. The lowest BCUT2D eigenvalue weighted by Crippen LogP contribution is -2.52. The summed E-state index contributed by atoms with van der Waals surface area (Å²) in [5.74, 6) is 0.0759. The maximum absolute atomic E-state index is 12.6. The lowest BCUT2D eigenvalue weighted by Gasteiger charge is -2.40. The molecule has 3 heterocycles. The monoisotopic (exact) mass is 324 g/mol. The highest BCUT2D eigenvalue weighted by Crippen LogP contribution is 2.47. The molecule has 5 N–H and O–H groups in total. The van der Waals surface area contributed by atoms with Gasteiger partial charge in [-0.15, -0.1) is 10.2 Å². The van der Waals surface area contributed by atoms with E-state index in [0.717, 1.165) is 16.7 Å². The minimum atomic E-state index is -0.716. The van der Waals surface area contributed by atoms with E-state index in [1.165, 1.54) is 0 Å². The van der Waals surface area contributed by atoms with Crippen LogP contribution in [0.15, 0.2) is 34.2 Å². The van der Waals surface area contributed by atoms with Crippen LogP contribution in [0, 0.1) is 0 Å². The fourth-order valence-electron chi connectivity index (χ4n) is 3.81. The van der Waals surface area contributed by atoms with E-state index < -0.39 is 5.41 Å². The van der Waals surface area contributed by atoms with Gasteiger partial charge in [0.2, 0.25) is 11.8 Å². The molecule has 1 aliphatic carbocycles. The molecule has 8 heteroatoms. The number of carbonyl (C=O) groups excluding carboxylic acids is 2. The fraction of sp³-hybridized carbons (Fsp3) is 0.312. The summed E-state index contributed by atoms with van der Waals surface area (Å²) in [6.07, 6.45) is 5.34. The van der Waals surface area contributed by atoms with Crippen molar-refractivity contribution in [2.24, 2.45) is 21.7 Å². The molecule has 0 radical (unpaired) electrons. The Morgan fingerprint density at radius 2 is 1.79 bits per heavy atom. The summed E-state index contributed by atoms with van der Waals surface area (Å²) in [5, 5.41) is 10.1. The zero-order valence-electron chi connectivity index (χ0n) is 12.9. The lowest BCUT2D eigenvalue weighted by molar-refractivity contribution is -0.138. The van der Waals surface area contributed by atoms with Gasteiger partial charge in [0, 0.05) is 24.4 Å². The Morgan fingerprint density at radius 1 is 1.08 bits per heavy atom. The van der Waals surface area contributed by atoms with Gasteiger partial charge in [0.05, 0.1) is 11.0 Å². The van der Waals surface area contributed by atoms with Crippen LogP contribution in [0.4, 0.5) is 0 Å². The van der Waals surface area contributed by atoms with Crippen molar-refractivity contribution in [3.8, 4) is 0 Å². The zero-order chi connectivity index (χ0) is 16.9. The van der Waals surface area contributed by atoms with Crippen LogP contribution in [0.5, 0.6) is 0 Å². The van der Waals surface area contributed by atoms with Crippen molar-refractivity contribution in [3.05, 3.63) is 35.2 Å². The van der Waals surface area contributed by atoms with Crippen LogP contribution < -0.4 is 16.8 Å². The number of piperidine rings is 1. The number of allylic oxidation sites excluding steroid dienone is 1. The van der Waals surface area contributed by atoms with E-state index >= 15 is 0 Å². The molecular formula is C16H16N6O2. The van der Waals surface area contributed by atoms with Crippen molar-refractivity contribution in [1.29, 1.82) is 0 Å². The Balaban J connectivity index is 1.91. The van der Waals surface area contributed by atoms with Crippen molar-refractivity contribution in [2.75, 3.05) is 0 Å². The van der Waals surface area contributed by atoms with Gasteiger partial charge in [-0.3, -0.25) is 19.9 Å². The third kappa shape index (κ3) is 1.89. The molecule has 3 aliphatic rings. The van der Waals surface area contributed by atoms with Gasteiger partial charge in [-0.25, -0.2) is 0 Å². The highest BCUT2D eigenvalue weighted by Gasteiger charge is 2.48. The minimum absolute atomic E-state index is 0.228. The van der Waals surface area contributed by atoms with E-state index in [1.54, 1.807) is 12.4 Å². The Hall–Kier alpha value is -3.03. The first-order valence-corrected chi connectivity index (χ1v) is 7.72. The third-order valence-electron chi connectivity index (χ3n) is 5.01. The Labute approximate surface area is 137 Å². The predicted molar refractivity (Wildman–Crippen MR) is 87.7 cm³/mol. The summed E-state index contributed by atoms with van der Waals surface area (Å²) in [5.41, 5.74) is 14.3. The van der Waals surface area contributed by atoms with Gasteiger partial charge in [-0.1, -0.05) is 0 Å². The predicted octanol–water partition coefficient (Wildman–Crippen LogP) is -0.0536. The smallest absolute Gasteiger partial charge is 0.237 e. The maximum atomic E-state index is 12.6. The SMILES string of the molecule is NC1=NN=C(N)C1=C1CCC2(CCC(=O)NC2=O)c2ccncc21. The number of hydrogen-bond acceptors (Lipinski definition) is 7. The first kappa shape index (κ1) is 14.6. The number of nitrogens with one attached hydrogen (secondary N) is 1. The maximum Gasteiger partial charge on any atom is 0.237 e. The topological polar surface area (TPSA) is 136 Å². The van der Waals surface area contributed by atoms with Crippen LogP contribution >= 0.6 is 0 Å². The Kier molecular flexibility index (Phi) is 3.02. The molecule has 8 nitrogen and oxygen atoms in total. The second kappa shape index (κ2) is 4.98. The summed E-state index contributed by atoms with van der Waals surface area (Å²) in [6, 6.07) is 1.83. The minimum Gasteiger partial charge on any atom is -0.382 e. The Morgan fingerprint density at radius 3 is 2.50 bits per heavy atom. The van der Waals surface area contributed by atoms with Gasteiger partial charge in [0.15, 0.2) is 11.7 Å². The molecule has 1 atom stereocenters. The van der Waals surface area contributed by atoms with E-state index in [4.69, 9.17) is 11.5 Å². The zero-order valence-corrected chi connectivity index (χ0v) is 12.9. The van der Waals surface area contributed by atoms with Crippen molar-refractivity contribution in [3.63, 3.8) is 0 Å². The van der Waals surface area contributed by atoms with Gasteiger partial charge in [-0.2, -0.15) is 0 Å². The van der Waals surface area contributed by atoms with Crippen LogP contribution in [0.3, 0.4) is 0 Å².